The molecule has 1 nitrogen and oxygen atoms in total. The molecule has 64 valence electrons. The molecule has 11 heavy (non-hydrogen) atoms. The lowest BCUT2D eigenvalue weighted by molar-refractivity contribution is 0.312. The Hall–Kier alpha value is -0.300. The number of allylic oxidation sites excluding steroid dienone is 2. The minimum atomic E-state index is 0.557. The fraction of sp³-hybridized carbons (Fsp3) is 0.800. The van der Waals surface area contributed by atoms with E-state index in [1.165, 1.54) is 25.9 Å². The van der Waals surface area contributed by atoms with Crippen LogP contribution in [0.4, 0.5) is 0 Å². The van der Waals surface area contributed by atoms with E-state index in [9.17, 15) is 0 Å². The first-order valence-electron chi connectivity index (χ1n) is 4.46. The summed E-state index contributed by atoms with van der Waals surface area (Å²) in [6.45, 7) is 7.02. The summed E-state index contributed by atoms with van der Waals surface area (Å²) in [6.07, 6.45) is 7.05. The van der Waals surface area contributed by atoms with Crippen molar-refractivity contribution in [3.05, 3.63) is 12.2 Å². The molecule has 0 aromatic rings. The number of likely N-dealkylation sites (tertiary alicyclic amines) is 1. The van der Waals surface area contributed by atoms with Crippen molar-refractivity contribution < 1.29 is 0 Å². The molecular formula is C10H19N. The van der Waals surface area contributed by atoms with E-state index in [1.54, 1.807) is 0 Å². The molecule has 1 fully saturated rings. The molecule has 1 aliphatic heterocycles. The molecule has 0 aliphatic carbocycles. The summed E-state index contributed by atoms with van der Waals surface area (Å²) in [4.78, 5) is 2.42. The first-order chi connectivity index (χ1) is 5.16. The maximum Gasteiger partial charge on any atom is 0.00357 e. The van der Waals surface area contributed by atoms with Gasteiger partial charge in [-0.3, -0.25) is 0 Å². The van der Waals surface area contributed by atoms with Crippen molar-refractivity contribution >= 4 is 0 Å². The van der Waals surface area contributed by atoms with Crippen LogP contribution in [0.2, 0.25) is 0 Å². The van der Waals surface area contributed by atoms with Gasteiger partial charge in [0.25, 0.3) is 0 Å². The monoisotopic (exact) mass is 153 g/mol. The van der Waals surface area contributed by atoms with Crippen molar-refractivity contribution in [2.24, 2.45) is 5.41 Å². The van der Waals surface area contributed by atoms with Crippen LogP contribution in [-0.2, 0) is 0 Å². The molecule has 0 radical (unpaired) electrons. The topological polar surface area (TPSA) is 3.24 Å². The molecule has 0 saturated carbocycles. The van der Waals surface area contributed by atoms with Crippen LogP contribution in [0.25, 0.3) is 0 Å². The Labute approximate surface area is 70.1 Å². The van der Waals surface area contributed by atoms with Crippen molar-refractivity contribution in [1.82, 2.24) is 4.90 Å². The van der Waals surface area contributed by atoms with Crippen LogP contribution in [0.5, 0.6) is 0 Å². The lowest BCUT2D eigenvalue weighted by atomic mass is 9.86. The molecule has 0 amide bonds. The molecule has 1 rings (SSSR count). The van der Waals surface area contributed by atoms with Gasteiger partial charge in [0, 0.05) is 6.54 Å². The van der Waals surface area contributed by atoms with Gasteiger partial charge in [-0.1, -0.05) is 19.1 Å². The normalized spacial score (nSPS) is 33.7. The molecule has 0 N–H and O–H groups in total. The minimum absolute atomic E-state index is 0.557. The second kappa shape index (κ2) is 3.40. The molecular weight excluding hydrogens is 134 g/mol. The molecule has 1 heterocycles. The van der Waals surface area contributed by atoms with Gasteiger partial charge in [-0.2, -0.15) is 0 Å². The van der Waals surface area contributed by atoms with Crippen LogP contribution in [0, 0.1) is 5.41 Å². The van der Waals surface area contributed by atoms with Crippen LogP contribution in [0.15, 0.2) is 12.2 Å². The predicted molar refractivity (Wildman–Crippen MR) is 49.7 cm³/mol. The van der Waals surface area contributed by atoms with Crippen LogP contribution < -0.4 is 0 Å². The second-order valence-corrected chi connectivity index (χ2v) is 4.07. The molecule has 1 aliphatic rings. The van der Waals surface area contributed by atoms with Crippen molar-refractivity contribution in [3.8, 4) is 0 Å². The lowest BCUT2D eigenvalue weighted by Crippen LogP contribution is -2.20. The maximum absolute atomic E-state index is 2.42. The molecule has 1 saturated heterocycles. The third-order valence-corrected chi connectivity index (χ3v) is 2.60. The first kappa shape index (κ1) is 8.79. The van der Waals surface area contributed by atoms with Crippen LogP contribution in [-0.4, -0.2) is 25.0 Å². The van der Waals surface area contributed by atoms with E-state index in [4.69, 9.17) is 0 Å². The molecule has 0 bridgehead atoms. The van der Waals surface area contributed by atoms with Crippen LogP contribution >= 0.6 is 0 Å². The van der Waals surface area contributed by atoms with E-state index in [2.05, 4.69) is 37.9 Å². The molecule has 0 aromatic carbocycles. The highest BCUT2D eigenvalue weighted by Gasteiger charge is 2.30. The van der Waals surface area contributed by atoms with Gasteiger partial charge in [-0.15, -0.1) is 0 Å². The zero-order valence-electron chi connectivity index (χ0n) is 7.93. The smallest absolute Gasteiger partial charge is 0.00357 e. The Kier molecular flexibility index (Phi) is 2.72. The van der Waals surface area contributed by atoms with E-state index in [1.807, 2.05) is 0 Å². The van der Waals surface area contributed by atoms with Gasteiger partial charge in [0.1, 0.15) is 0 Å². The average Bonchev–Trinajstić information content (AvgIpc) is 2.28. The Morgan fingerprint density at radius 1 is 1.55 bits per heavy atom. The average molecular weight is 153 g/mol. The van der Waals surface area contributed by atoms with Crippen LogP contribution in [0.3, 0.4) is 0 Å². The SMILES string of the molecule is C/C=C\CC1(C)CCN(C)C1. The van der Waals surface area contributed by atoms with E-state index in [-0.39, 0.29) is 0 Å². The third-order valence-electron chi connectivity index (χ3n) is 2.60. The van der Waals surface area contributed by atoms with Gasteiger partial charge in [0.05, 0.1) is 0 Å². The number of hydrogen-bond donors (Lipinski definition) is 0. The van der Waals surface area contributed by atoms with E-state index in [0.717, 1.165) is 0 Å². The van der Waals surface area contributed by atoms with Gasteiger partial charge in [-0.25, -0.2) is 0 Å². The summed E-state index contributed by atoms with van der Waals surface area (Å²) >= 11 is 0. The van der Waals surface area contributed by atoms with Crippen molar-refractivity contribution in [2.75, 3.05) is 20.1 Å². The molecule has 1 heteroatoms. The van der Waals surface area contributed by atoms with Gasteiger partial charge in [-0.05, 0) is 38.8 Å². The summed E-state index contributed by atoms with van der Waals surface area (Å²) < 4.78 is 0. The quantitative estimate of drug-likeness (QED) is 0.550. The van der Waals surface area contributed by atoms with E-state index >= 15 is 0 Å². The maximum atomic E-state index is 2.42. The zero-order chi connectivity index (χ0) is 8.32. The van der Waals surface area contributed by atoms with Crippen molar-refractivity contribution in [3.63, 3.8) is 0 Å². The number of hydrogen-bond acceptors (Lipinski definition) is 1. The Morgan fingerprint density at radius 2 is 2.27 bits per heavy atom. The summed E-state index contributed by atoms with van der Waals surface area (Å²) in [5.41, 5.74) is 0.557. The lowest BCUT2D eigenvalue weighted by Gasteiger charge is -2.21. The first-order valence-corrected chi connectivity index (χ1v) is 4.46. The molecule has 0 aromatic heterocycles. The molecule has 1 atom stereocenters. The Balaban J connectivity index is 2.41. The van der Waals surface area contributed by atoms with E-state index in [0.29, 0.717) is 5.41 Å². The number of rotatable bonds is 2. The summed E-state index contributed by atoms with van der Waals surface area (Å²) in [6, 6.07) is 0. The van der Waals surface area contributed by atoms with Gasteiger partial charge < -0.3 is 4.90 Å². The number of nitrogens with zero attached hydrogens (tertiary/aromatic N) is 1. The standard InChI is InChI=1S/C10H19N/c1-4-5-6-10(2)7-8-11(3)9-10/h4-5H,6-9H2,1-3H3/b5-4-. The Morgan fingerprint density at radius 3 is 2.73 bits per heavy atom. The van der Waals surface area contributed by atoms with Crippen molar-refractivity contribution in [2.45, 2.75) is 26.7 Å². The van der Waals surface area contributed by atoms with Crippen molar-refractivity contribution in [1.29, 1.82) is 0 Å². The summed E-state index contributed by atoms with van der Waals surface area (Å²) in [5.74, 6) is 0. The molecule has 0 spiro atoms. The zero-order valence-corrected chi connectivity index (χ0v) is 7.93. The highest BCUT2D eigenvalue weighted by molar-refractivity contribution is 4.92. The summed E-state index contributed by atoms with van der Waals surface area (Å²) in [5, 5.41) is 0. The highest BCUT2D eigenvalue weighted by Crippen LogP contribution is 2.32. The third kappa shape index (κ3) is 2.33. The summed E-state index contributed by atoms with van der Waals surface area (Å²) in [7, 11) is 2.21. The second-order valence-electron chi connectivity index (χ2n) is 4.07. The Bertz CT molecular complexity index is 151. The highest BCUT2D eigenvalue weighted by atomic mass is 15.1. The van der Waals surface area contributed by atoms with Crippen LogP contribution in [0.1, 0.15) is 26.7 Å². The fourth-order valence-electron chi connectivity index (χ4n) is 1.84. The van der Waals surface area contributed by atoms with E-state index < -0.39 is 0 Å². The van der Waals surface area contributed by atoms with Gasteiger partial charge >= 0.3 is 0 Å². The minimum Gasteiger partial charge on any atom is -0.306 e. The predicted octanol–water partition coefficient (Wildman–Crippen LogP) is 2.29. The van der Waals surface area contributed by atoms with Gasteiger partial charge in [0.15, 0.2) is 0 Å². The molecule has 1 unspecified atom stereocenters. The fourth-order valence-corrected chi connectivity index (χ4v) is 1.84. The largest absolute Gasteiger partial charge is 0.306 e. The van der Waals surface area contributed by atoms with Gasteiger partial charge in [0.2, 0.25) is 0 Å².